The average Bonchev–Trinajstić information content (AvgIpc) is 2.61. The van der Waals surface area contributed by atoms with E-state index in [1.54, 1.807) is 0 Å². The highest BCUT2D eigenvalue weighted by molar-refractivity contribution is 14.1. The molecule has 0 heterocycles. The monoisotopic (exact) mass is 534 g/mol. The van der Waals surface area contributed by atoms with Gasteiger partial charge in [-0.3, -0.25) is 0 Å². The molecule has 0 amide bonds. The van der Waals surface area contributed by atoms with Crippen molar-refractivity contribution in [1.29, 1.82) is 0 Å². The minimum Gasteiger partial charge on any atom is -0.0611 e. The van der Waals surface area contributed by atoms with E-state index in [-0.39, 0.29) is 0 Å². The molecule has 0 aromatic heterocycles. The van der Waals surface area contributed by atoms with E-state index in [9.17, 15) is 0 Å². The molecule has 0 aliphatic carbocycles. The molecule has 0 aliphatic rings. The van der Waals surface area contributed by atoms with Crippen molar-refractivity contribution in [2.45, 2.75) is 0 Å². The van der Waals surface area contributed by atoms with Crippen LogP contribution in [0.3, 0.4) is 0 Å². The third-order valence-electron chi connectivity index (χ3n) is 3.59. The normalized spacial score (nSPS) is 11.4. The molecule has 0 fully saturated rings. The smallest absolute Gasteiger partial charge is 0.0130 e. The minimum atomic E-state index is 1.21. The number of rotatable bonds is 4. The third kappa shape index (κ3) is 5.31. The van der Waals surface area contributed by atoms with Crippen LogP contribution in [0.4, 0.5) is 0 Å². The van der Waals surface area contributed by atoms with Crippen LogP contribution in [-0.2, 0) is 0 Å². The Bertz CT molecular complexity index is 786. The molecule has 118 valence electrons. The summed E-state index contributed by atoms with van der Waals surface area (Å²) in [4.78, 5) is 0. The first-order valence-corrected chi connectivity index (χ1v) is 9.82. The van der Waals surface area contributed by atoms with Crippen LogP contribution < -0.4 is 0 Å². The summed E-state index contributed by atoms with van der Waals surface area (Å²) >= 11 is 4.65. The van der Waals surface area contributed by atoms with Gasteiger partial charge in [-0.1, -0.05) is 66.8 Å². The largest absolute Gasteiger partial charge is 0.0611 e. The van der Waals surface area contributed by atoms with E-state index >= 15 is 0 Å². The molecule has 0 spiro atoms. The second kappa shape index (κ2) is 8.62. The molecule has 0 N–H and O–H groups in total. The maximum absolute atomic E-state index is 2.32. The average molecular weight is 534 g/mol. The summed E-state index contributed by atoms with van der Waals surface area (Å²) in [5.74, 6) is 0. The first-order chi connectivity index (χ1) is 11.7. The van der Waals surface area contributed by atoms with E-state index in [2.05, 4.69) is 142 Å². The van der Waals surface area contributed by atoms with E-state index in [1.807, 2.05) is 0 Å². The van der Waals surface area contributed by atoms with Gasteiger partial charge >= 0.3 is 0 Å². The predicted molar refractivity (Wildman–Crippen MR) is 123 cm³/mol. The van der Waals surface area contributed by atoms with Crippen LogP contribution in [0.15, 0.2) is 72.8 Å². The van der Waals surface area contributed by atoms with Crippen molar-refractivity contribution in [3.05, 3.63) is 102 Å². The Morgan fingerprint density at radius 1 is 0.458 bits per heavy atom. The maximum atomic E-state index is 2.32. The molecule has 0 unspecified atom stereocenters. The molecular weight excluding hydrogens is 518 g/mol. The summed E-state index contributed by atoms with van der Waals surface area (Å²) in [5.41, 5.74) is 4.85. The lowest BCUT2D eigenvalue weighted by Gasteiger charge is -1.99. The van der Waals surface area contributed by atoms with Crippen LogP contribution in [0.25, 0.3) is 24.3 Å². The van der Waals surface area contributed by atoms with Crippen molar-refractivity contribution >= 4 is 69.5 Å². The Morgan fingerprint density at radius 2 is 0.833 bits per heavy atom. The van der Waals surface area contributed by atoms with Crippen molar-refractivity contribution in [2.75, 3.05) is 0 Å². The number of hydrogen-bond donors (Lipinski definition) is 0. The summed E-state index contributed by atoms with van der Waals surface area (Å²) in [6, 6.07) is 25.6. The molecule has 0 atom stereocenters. The Balaban J connectivity index is 1.74. The van der Waals surface area contributed by atoms with Crippen molar-refractivity contribution in [3.63, 3.8) is 0 Å². The van der Waals surface area contributed by atoms with Gasteiger partial charge in [0.15, 0.2) is 0 Å². The molecule has 0 radical (unpaired) electrons. The molecule has 3 rings (SSSR count). The molecule has 0 bridgehead atoms. The predicted octanol–water partition coefficient (Wildman–Crippen LogP) is 7.24. The Hall–Kier alpha value is -1.40. The molecular formula is C22H16I2. The van der Waals surface area contributed by atoms with Crippen molar-refractivity contribution in [2.24, 2.45) is 0 Å². The summed E-state index contributed by atoms with van der Waals surface area (Å²) in [6.45, 7) is 0. The molecule has 0 nitrogen and oxygen atoms in total. The molecule has 3 aromatic carbocycles. The lowest BCUT2D eigenvalue weighted by Crippen LogP contribution is -1.77. The van der Waals surface area contributed by atoms with Crippen molar-refractivity contribution in [1.82, 2.24) is 0 Å². The van der Waals surface area contributed by atoms with Crippen LogP contribution in [-0.4, -0.2) is 0 Å². The van der Waals surface area contributed by atoms with Gasteiger partial charge in [0.25, 0.3) is 0 Å². The van der Waals surface area contributed by atoms with E-state index < -0.39 is 0 Å². The first-order valence-electron chi connectivity index (χ1n) is 7.66. The van der Waals surface area contributed by atoms with Crippen LogP contribution in [0, 0.1) is 7.14 Å². The number of benzene rings is 3. The molecule has 0 aliphatic heterocycles. The topological polar surface area (TPSA) is 0 Å². The SMILES string of the molecule is Ic1ccc(/C=C/c2cccc(/C=C/c3ccc(I)cc3)c2)cc1. The molecule has 24 heavy (non-hydrogen) atoms. The lowest BCUT2D eigenvalue weighted by atomic mass is 10.1. The third-order valence-corrected chi connectivity index (χ3v) is 5.03. The summed E-state index contributed by atoms with van der Waals surface area (Å²) < 4.78 is 2.51. The van der Waals surface area contributed by atoms with Crippen molar-refractivity contribution < 1.29 is 0 Å². The fourth-order valence-corrected chi connectivity index (χ4v) is 3.02. The van der Waals surface area contributed by atoms with Gasteiger partial charge in [-0.15, -0.1) is 0 Å². The standard InChI is InChI=1S/C22H16I2/c23-21-12-8-17(9-13-21)4-6-19-2-1-3-20(16-19)7-5-18-10-14-22(24)15-11-18/h1-16H/b6-4+,7-5+. The van der Waals surface area contributed by atoms with Crippen LogP contribution in [0.5, 0.6) is 0 Å². The van der Waals surface area contributed by atoms with Gasteiger partial charge in [-0.2, -0.15) is 0 Å². The quantitative estimate of drug-likeness (QED) is 0.245. The van der Waals surface area contributed by atoms with Crippen LogP contribution >= 0.6 is 45.2 Å². The Labute approximate surface area is 170 Å². The minimum absolute atomic E-state index is 1.21. The van der Waals surface area contributed by atoms with E-state index in [0.29, 0.717) is 0 Å². The number of hydrogen-bond acceptors (Lipinski definition) is 0. The highest BCUT2D eigenvalue weighted by atomic mass is 127. The van der Waals surface area contributed by atoms with Gasteiger partial charge in [0.1, 0.15) is 0 Å². The lowest BCUT2D eigenvalue weighted by molar-refractivity contribution is 1.59. The molecule has 2 heteroatoms. The zero-order valence-electron chi connectivity index (χ0n) is 13.0. The molecule has 0 saturated heterocycles. The summed E-state index contributed by atoms with van der Waals surface area (Å²) in [6.07, 6.45) is 8.62. The number of halogens is 2. The zero-order valence-corrected chi connectivity index (χ0v) is 17.3. The second-order valence-corrected chi connectivity index (χ2v) is 7.93. The van der Waals surface area contributed by atoms with E-state index in [0.717, 1.165) is 0 Å². The zero-order chi connectivity index (χ0) is 16.8. The first kappa shape index (κ1) is 17.4. The van der Waals surface area contributed by atoms with Crippen LogP contribution in [0.2, 0.25) is 0 Å². The summed E-state index contributed by atoms with van der Waals surface area (Å²) in [5, 5.41) is 0. The van der Waals surface area contributed by atoms with E-state index in [4.69, 9.17) is 0 Å². The van der Waals surface area contributed by atoms with Gasteiger partial charge in [-0.25, -0.2) is 0 Å². The second-order valence-electron chi connectivity index (χ2n) is 5.44. The van der Waals surface area contributed by atoms with Gasteiger partial charge in [0.05, 0.1) is 0 Å². The molecule has 0 saturated carbocycles. The van der Waals surface area contributed by atoms with Gasteiger partial charge in [0.2, 0.25) is 0 Å². The Morgan fingerprint density at radius 3 is 1.25 bits per heavy atom. The van der Waals surface area contributed by atoms with Gasteiger partial charge < -0.3 is 0 Å². The fraction of sp³-hybridized carbons (Fsp3) is 0. The maximum Gasteiger partial charge on any atom is 0.0130 e. The van der Waals surface area contributed by atoms with Crippen molar-refractivity contribution in [3.8, 4) is 0 Å². The highest BCUT2D eigenvalue weighted by Crippen LogP contribution is 2.15. The Kier molecular flexibility index (Phi) is 6.26. The fourth-order valence-electron chi connectivity index (χ4n) is 2.30. The van der Waals surface area contributed by atoms with Gasteiger partial charge in [-0.05, 0) is 97.8 Å². The van der Waals surface area contributed by atoms with Crippen LogP contribution in [0.1, 0.15) is 22.3 Å². The molecule has 3 aromatic rings. The highest BCUT2D eigenvalue weighted by Gasteiger charge is 1.92. The van der Waals surface area contributed by atoms with E-state index in [1.165, 1.54) is 29.4 Å². The van der Waals surface area contributed by atoms with Gasteiger partial charge in [0, 0.05) is 7.14 Å². The summed E-state index contributed by atoms with van der Waals surface area (Å²) in [7, 11) is 0.